The third-order valence-corrected chi connectivity index (χ3v) is 11.7. The molecule has 1 saturated heterocycles. The Morgan fingerprint density at radius 2 is 1.14 bits per heavy atom. The van der Waals surface area contributed by atoms with Gasteiger partial charge in [0.25, 0.3) is 0 Å². The Hall–Kier alpha value is -2.23. The van der Waals surface area contributed by atoms with E-state index < -0.39 is 30.1 Å². The molecule has 3 aliphatic rings. The van der Waals surface area contributed by atoms with E-state index >= 15 is 0 Å². The summed E-state index contributed by atoms with van der Waals surface area (Å²) in [5, 5.41) is 22.8. The minimum Gasteiger partial charge on any atom is -0.391 e. The van der Waals surface area contributed by atoms with Crippen LogP contribution in [0, 0.1) is 11.8 Å². The Bertz CT molecular complexity index is 1230. The van der Waals surface area contributed by atoms with E-state index in [2.05, 4.69) is 62.6 Å². The van der Waals surface area contributed by atoms with Gasteiger partial charge in [0.05, 0.1) is 63.2 Å². The summed E-state index contributed by atoms with van der Waals surface area (Å²) >= 11 is 2.14. The number of nitrogens with zero attached hydrogens (tertiary/aromatic N) is 2. The van der Waals surface area contributed by atoms with E-state index in [1.807, 2.05) is 17.1 Å². The summed E-state index contributed by atoms with van der Waals surface area (Å²) in [6, 6.07) is 0. The molecule has 5 atom stereocenters. The summed E-state index contributed by atoms with van der Waals surface area (Å²) in [6.45, 7) is 11.5. The lowest BCUT2D eigenvalue weighted by Gasteiger charge is -2.32. The Kier molecular flexibility index (Phi) is 26.6. The fourth-order valence-corrected chi connectivity index (χ4v) is 7.62. The topological polar surface area (TPSA) is 189 Å². The minimum absolute atomic E-state index is 0.159. The number of halogens is 1. The van der Waals surface area contributed by atoms with E-state index in [9.17, 15) is 24.3 Å². The zero-order valence-electron chi connectivity index (χ0n) is 35.8. The molecule has 4 bridgehead atoms. The molecule has 0 aromatic carbocycles. The predicted molar refractivity (Wildman–Crippen MR) is 234 cm³/mol. The predicted octanol–water partition coefficient (Wildman–Crippen LogP) is 1.59. The lowest BCUT2D eigenvalue weighted by Crippen LogP contribution is -2.49. The molecular weight excluding hydrogens is 875 g/mol. The number of ether oxygens (including phenoxy) is 5. The molecule has 16 nitrogen and oxygen atoms in total. The second kappa shape index (κ2) is 30.7. The SMILES string of the molecule is CCCCOC1C2=CCC[C@@H]1C(=O)NCCN(CCOCCOCCOC)CCNC(=O)[C@@H]1CCC=C(C(=O)NCCN(CC(O)CI)CCNC2=O)C1OCCCC. The largest absolute Gasteiger partial charge is 0.391 e. The molecule has 5 N–H and O–H groups in total. The molecule has 59 heavy (non-hydrogen) atoms. The standard InChI is InChI=1S/C42H73IN6O10/c1-4-6-23-58-37-33-10-8-12-35(37)41(53)46-16-20-49(31-32(50)30-43)21-17-47-42(54)36-13-9-11-34(38(36)59-24-7-5-2)40(52)45-15-19-48(18-14-44-39(33)51)22-25-56-28-29-57-27-26-55-3/h12-13,32-34,37-38,50H,4-11,14-31H2,1-3H3,(H,44,51)(H,45,52)(H,46,53)(H,47,54)/t32?,33-,34+,37?,38?. The molecule has 17 heteroatoms. The van der Waals surface area contributed by atoms with Crippen LogP contribution in [0.3, 0.4) is 0 Å². The second-order valence-corrected chi connectivity index (χ2v) is 16.1. The van der Waals surface area contributed by atoms with Crippen molar-refractivity contribution < 1.29 is 48.0 Å². The monoisotopic (exact) mass is 948 g/mol. The van der Waals surface area contributed by atoms with Crippen LogP contribution in [-0.2, 0) is 42.9 Å². The van der Waals surface area contributed by atoms with E-state index in [1.165, 1.54) is 0 Å². The van der Waals surface area contributed by atoms with E-state index in [1.54, 1.807) is 7.11 Å². The fourth-order valence-electron chi connectivity index (χ4n) is 7.34. The van der Waals surface area contributed by atoms with E-state index in [0.29, 0.717) is 153 Å². The first-order valence-corrected chi connectivity index (χ1v) is 23.3. The molecule has 4 amide bonds. The number of unbranched alkanes of at least 4 members (excludes halogenated alkanes) is 2. The van der Waals surface area contributed by atoms with Gasteiger partial charge in [-0.25, -0.2) is 0 Å². The number of hydrogen-bond acceptors (Lipinski definition) is 12. The molecule has 1 fully saturated rings. The highest BCUT2D eigenvalue weighted by atomic mass is 127. The summed E-state index contributed by atoms with van der Waals surface area (Å²) in [5.41, 5.74) is 0.923. The molecule has 3 rings (SSSR count). The lowest BCUT2D eigenvalue weighted by atomic mass is 9.84. The van der Waals surface area contributed by atoms with Gasteiger partial charge in [-0.1, -0.05) is 61.4 Å². The molecule has 3 unspecified atom stereocenters. The van der Waals surface area contributed by atoms with Crippen molar-refractivity contribution in [1.82, 2.24) is 31.1 Å². The Labute approximate surface area is 365 Å². The third-order valence-electron chi connectivity index (χ3n) is 10.7. The summed E-state index contributed by atoms with van der Waals surface area (Å²) in [7, 11) is 1.63. The summed E-state index contributed by atoms with van der Waals surface area (Å²) in [6.07, 6.45) is 7.54. The number of fused-ring (bicyclic) bond motifs is 4. The number of aliphatic hydroxyl groups excluding tert-OH is 1. The van der Waals surface area contributed by atoms with Crippen LogP contribution >= 0.6 is 22.6 Å². The molecule has 338 valence electrons. The Morgan fingerprint density at radius 3 is 1.61 bits per heavy atom. The number of carbonyl (C=O) groups excluding carboxylic acids is 4. The van der Waals surface area contributed by atoms with Crippen molar-refractivity contribution in [2.75, 3.05) is 123 Å². The van der Waals surface area contributed by atoms with Crippen molar-refractivity contribution in [3.8, 4) is 0 Å². The number of methoxy groups -OCH3 is 1. The molecule has 0 spiro atoms. The first-order chi connectivity index (χ1) is 28.7. The highest BCUT2D eigenvalue weighted by Crippen LogP contribution is 2.30. The molecule has 0 saturated carbocycles. The number of nitrogens with one attached hydrogen (secondary N) is 4. The molecule has 1 aliphatic heterocycles. The molecule has 0 aromatic heterocycles. The molecular formula is C42H73IN6O10. The average molecular weight is 949 g/mol. The second-order valence-electron chi connectivity index (χ2n) is 15.2. The highest BCUT2D eigenvalue weighted by molar-refractivity contribution is 14.1. The first-order valence-electron chi connectivity index (χ1n) is 21.8. The number of aliphatic hydroxyl groups is 1. The van der Waals surface area contributed by atoms with Gasteiger partial charge in [-0.2, -0.15) is 0 Å². The van der Waals surface area contributed by atoms with Crippen molar-refractivity contribution in [2.45, 2.75) is 83.5 Å². The van der Waals surface area contributed by atoms with E-state index in [0.717, 1.165) is 25.7 Å². The number of hydrogen-bond donors (Lipinski definition) is 5. The summed E-state index contributed by atoms with van der Waals surface area (Å²) < 4.78 is 29.5. The van der Waals surface area contributed by atoms with Crippen LogP contribution in [0.5, 0.6) is 0 Å². The average Bonchev–Trinajstić information content (AvgIpc) is 3.23. The van der Waals surface area contributed by atoms with Crippen molar-refractivity contribution in [3.63, 3.8) is 0 Å². The third kappa shape index (κ3) is 19.1. The van der Waals surface area contributed by atoms with Gasteiger partial charge in [0.1, 0.15) is 0 Å². The van der Waals surface area contributed by atoms with Gasteiger partial charge in [-0.15, -0.1) is 0 Å². The van der Waals surface area contributed by atoms with Crippen LogP contribution in [0.2, 0.25) is 0 Å². The van der Waals surface area contributed by atoms with Gasteiger partial charge < -0.3 is 50.1 Å². The smallest absolute Gasteiger partial charge is 0.249 e. The van der Waals surface area contributed by atoms with Gasteiger partial charge in [0.2, 0.25) is 23.6 Å². The molecule has 2 aliphatic carbocycles. The zero-order chi connectivity index (χ0) is 42.7. The van der Waals surface area contributed by atoms with Crippen LogP contribution < -0.4 is 21.3 Å². The van der Waals surface area contributed by atoms with Crippen molar-refractivity contribution in [1.29, 1.82) is 0 Å². The Balaban J connectivity index is 1.82. The van der Waals surface area contributed by atoms with Crippen LogP contribution in [0.25, 0.3) is 0 Å². The lowest BCUT2D eigenvalue weighted by molar-refractivity contribution is -0.132. The van der Waals surface area contributed by atoms with Crippen molar-refractivity contribution >= 4 is 46.2 Å². The maximum Gasteiger partial charge on any atom is 0.249 e. The van der Waals surface area contributed by atoms with Crippen molar-refractivity contribution in [3.05, 3.63) is 23.3 Å². The summed E-state index contributed by atoms with van der Waals surface area (Å²) in [4.78, 5) is 59.2. The molecule has 0 radical (unpaired) electrons. The summed E-state index contributed by atoms with van der Waals surface area (Å²) in [5.74, 6) is -1.92. The molecule has 0 aromatic rings. The van der Waals surface area contributed by atoms with Crippen LogP contribution in [0.1, 0.15) is 65.2 Å². The maximum atomic E-state index is 13.8. The van der Waals surface area contributed by atoms with Crippen LogP contribution in [0.15, 0.2) is 23.3 Å². The van der Waals surface area contributed by atoms with E-state index in [-0.39, 0.29) is 23.6 Å². The number of β-amino-alcohol motifs (C(OH)–C–C–N with tert-alkyl or cyclic N) is 1. The normalized spacial score (nSPS) is 24.5. The van der Waals surface area contributed by atoms with E-state index in [4.69, 9.17) is 23.7 Å². The number of carbonyl (C=O) groups is 4. The van der Waals surface area contributed by atoms with Gasteiger partial charge in [0.15, 0.2) is 0 Å². The number of rotatable bonds is 20. The van der Waals surface area contributed by atoms with Gasteiger partial charge in [0, 0.05) is 101 Å². The number of alkyl halides is 1. The maximum absolute atomic E-state index is 13.8. The fraction of sp³-hybridized carbons (Fsp3) is 0.810. The van der Waals surface area contributed by atoms with Gasteiger partial charge in [-0.3, -0.25) is 29.0 Å². The Morgan fingerprint density at radius 1 is 0.678 bits per heavy atom. The number of amides is 4. The van der Waals surface area contributed by atoms with Gasteiger partial charge >= 0.3 is 0 Å². The van der Waals surface area contributed by atoms with Crippen LogP contribution in [-0.4, -0.2) is 180 Å². The van der Waals surface area contributed by atoms with Gasteiger partial charge in [-0.05, 0) is 38.5 Å². The molecule has 1 heterocycles. The number of allylic oxidation sites excluding steroid dienone is 2. The highest BCUT2D eigenvalue weighted by Gasteiger charge is 2.38. The van der Waals surface area contributed by atoms with Crippen molar-refractivity contribution in [2.24, 2.45) is 11.8 Å². The quantitative estimate of drug-likeness (QED) is 0.0675. The zero-order valence-corrected chi connectivity index (χ0v) is 38.0. The van der Waals surface area contributed by atoms with Crippen LogP contribution in [0.4, 0.5) is 0 Å². The first kappa shape index (κ1) is 51.1. The minimum atomic E-state index is -0.678.